The van der Waals surface area contributed by atoms with Gasteiger partial charge in [-0.05, 0) is 12.1 Å². The van der Waals surface area contributed by atoms with Gasteiger partial charge in [0.05, 0.1) is 15.6 Å². The molecule has 1 aromatic rings. The van der Waals surface area contributed by atoms with Gasteiger partial charge in [0, 0.05) is 5.56 Å². The number of ether oxygens (including phenoxy) is 1. The van der Waals surface area contributed by atoms with Gasteiger partial charge in [-0.1, -0.05) is 43.1 Å². The second-order valence-electron chi connectivity index (χ2n) is 3.05. The monoisotopic (exact) mass is 273 g/mol. The average Bonchev–Trinajstić information content (AvgIpc) is 2.63. The van der Waals surface area contributed by atoms with E-state index in [0.717, 1.165) is 0 Å². The number of hydrogen-bond acceptors (Lipinski definition) is 3. The predicted molar refractivity (Wildman–Crippen MR) is 69.9 cm³/mol. The Balaban J connectivity index is 0.000000686. The maximum Gasteiger partial charge on any atom is 0.206 e. The number of ketones is 1. The molecule has 1 heterocycles. The average molecular weight is 274 g/mol. The minimum atomic E-state index is -0.206. The molecule has 0 bridgehead atoms. The Morgan fingerprint density at radius 3 is 2.18 bits per heavy atom. The molecule has 0 saturated heterocycles. The summed E-state index contributed by atoms with van der Waals surface area (Å²) in [7, 11) is 0. The molecule has 0 amide bonds. The van der Waals surface area contributed by atoms with Crippen molar-refractivity contribution in [2.24, 2.45) is 5.73 Å². The first kappa shape index (κ1) is 13.9. The molecule has 2 rings (SSSR count). The fourth-order valence-electron chi connectivity index (χ4n) is 1.42. The highest BCUT2D eigenvalue weighted by molar-refractivity contribution is 6.41. The van der Waals surface area contributed by atoms with Crippen LogP contribution in [0.5, 0.6) is 0 Å². The molecule has 5 heteroatoms. The number of carbonyl (C=O) groups is 1. The van der Waals surface area contributed by atoms with Gasteiger partial charge in [-0.25, -0.2) is 0 Å². The first-order valence-electron chi connectivity index (χ1n) is 5.21. The first-order chi connectivity index (χ1) is 8.11. The molecule has 3 nitrogen and oxygen atoms in total. The molecule has 0 radical (unpaired) electrons. The zero-order valence-electron chi connectivity index (χ0n) is 9.59. The molecule has 0 aromatic heterocycles. The Labute approximate surface area is 110 Å². The first-order valence-corrected chi connectivity index (χ1v) is 5.97. The molecular formula is C12H13Cl2NO2. The van der Waals surface area contributed by atoms with Crippen LogP contribution in [0.25, 0.3) is 5.57 Å². The fourth-order valence-corrected chi connectivity index (χ4v) is 2.01. The number of carbonyl (C=O) groups excluding carboxylic acids is 1. The van der Waals surface area contributed by atoms with Crippen LogP contribution in [-0.2, 0) is 9.53 Å². The maximum atomic E-state index is 11.5. The number of rotatable bonds is 1. The maximum absolute atomic E-state index is 11.5. The van der Waals surface area contributed by atoms with E-state index in [1.54, 1.807) is 18.2 Å². The van der Waals surface area contributed by atoms with E-state index in [9.17, 15) is 4.79 Å². The van der Waals surface area contributed by atoms with Crippen LogP contribution in [0.15, 0.2) is 24.1 Å². The number of hydrogen-bond donors (Lipinski definition) is 1. The van der Waals surface area contributed by atoms with Crippen LogP contribution in [0.2, 0.25) is 10.0 Å². The lowest BCUT2D eigenvalue weighted by Crippen LogP contribution is -2.02. The molecule has 0 spiro atoms. The Bertz CT molecular complexity index is 449. The van der Waals surface area contributed by atoms with E-state index in [2.05, 4.69) is 0 Å². The zero-order chi connectivity index (χ0) is 13.0. The second kappa shape index (κ2) is 5.94. The molecule has 2 N–H and O–H groups in total. The summed E-state index contributed by atoms with van der Waals surface area (Å²) in [5.41, 5.74) is 6.27. The Morgan fingerprint density at radius 1 is 1.24 bits per heavy atom. The van der Waals surface area contributed by atoms with E-state index in [0.29, 0.717) is 15.6 Å². The van der Waals surface area contributed by atoms with E-state index in [-0.39, 0.29) is 23.8 Å². The largest absolute Gasteiger partial charge is 0.470 e. The van der Waals surface area contributed by atoms with E-state index < -0.39 is 0 Å². The van der Waals surface area contributed by atoms with Crippen LogP contribution in [0, 0.1) is 0 Å². The highest BCUT2D eigenvalue weighted by atomic mass is 35.5. The van der Waals surface area contributed by atoms with Gasteiger partial charge in [0.15, 0.2) is 12.5 Å². The number of benzene rings is 1. The van der Waals surface area contributed by atoms with E-state index in [1.807, 2.05) is 13.8 Å². The summed E-state index contributed by atoms with van der Waals surface area (Å²) < 4.78 is 4.93. The summed E-state index contributed by atoms with van der Waals surface area (Å²) in [5.74, 6) is -0.127. The van der Waals surface area contributed by atoms with Crippen molar-refractivity contribution >= 4 is 34.6 Å². The quantitative estimate of drug-likeness (QED) is 0.855. The normalized spacial score (nSPS) is 14.2. The van der Waals surface area contributed by atoms with Crippen molar-refractivity contribution in [2.75, 3.05) is 6.61 Å². The highest BCUT2D eigenvalue weighted by Gasteiger charge is 2.27. The van der Waals surface area contributed by atoms with Gasteiger partial charge in [0.1, 0.15) is 0 Å². The minimum absolute atomic E-state index is 0.0529. The van der Waals surface area contributed by atoms with Crippen molar-refractivity contribution in [3.63, 3.8) is 0 Å². The van der Waals surface area contributed by atoms with E-state index >= 15 is 0 Å². The lowest BCUT2D eigenvalue weighted by atomic mass is 10.0. The number of Topliss-reactive ketones (excluding diaryl/α,β-unsaturated/α-hetero) is 1. The molecule has 0 saturated carbocycles. The third-order valence-corrected chi connectivity index (χ3v) is 2.73. The van der Waals surface area contributed by atoms with Crippen molar-refractivity contribution in [1.82, 2.24) is 0 Å². The fraction of sp³-hybridized carbons (Fsp3) is 0.250. The topological polar surface area (TPSA) is 52.3 Å². The standard InChI is InChI=1S/C10H7Cl2NO2.C2H6/c11-5-2-1-3-6(12)8(5)9-7(14)4-15-10(9)13;1-2/h1-3H,4,13H2;1-2H3. The molecule has 1 aromatic carbocycles. The van der Waals surface area contributed by atoms with Gasteiger partial charge in [0.25, 0.3) is 0 Å². The predicted octanol–water partition coefficient (Wildman–Crippen LogP) is 3.25. The molecule has 0 atom stereocenters. The summed E-state index contributed by atoms with van der Waals surface area (Å²) in [6.45, 7) is 3.95. The van der Waals surface area contributed by atoms with Crippen molar-refractivity contribution in [2.45, 2.75) is 13.8 Å². The highest BCUT2D eigenvalue weighted by Crippen LogP contribution is 2.34. The SMILES string of the molecule is CC.NC1=C(c2c(Cl)cccc2Cl)C(=O)CO1. The van der Waals surface area contributed by atoms with Crippen molar-refractivity contribution in [3.8, 4) is 0 Å². The third-order valence-electron chi connectivity index (χ3n) is 2.10. The molecule has 92 valence electrons. The molecule has 0 unspecified atom stereocenters. The Kier molecular flexibility index (Phi) is 4.85. The lowest BCUT2D eigenvalue weighted by Gasteiger charge is -2.05. The van der Waals surface area contributed by atoms with Gasteiger partial charge in [-0.15, -0.1) is 0 Å². The van der Waals surface area contributed by atoms with Crippen LogP contribution in [0.1, 0.15) is 19.4 Å². The Morgan fingerprint density at radius 2 is 1.76 bits per heavy atom. The molecule has 1 aliphatic rings. The summed E-state index contributed by atoms with van der Waals surface area (Å²) in [6.07, 6.45) is 0. The number of halogens is 2. The Hall–Kier alpha value is -1.19. The number of nitrogens with two attached hydrogens (primary N) is 1. The molecule has 0 aliphatic carbocycles. The summed E-state index contributed by atoms with van der Waals surface area (Å²) in [6, 6.07) is 4.99. The van der Waals surface area contributed by atoms with E-state index in [4.69, 9.17) is 33.7 Å². The summed E-state index contributed by atoms with van der Waals surface area (Å²) in [5, 5.41) is 0.776. The molecule has 17 heavy (non-hydrogen) atoms. The van der Waals surface area contributed by atoms with Crippen LogP contribution in [0.3, 0.4) is 0 Å². The van der Waals surface area contributed by atoms with Crippen molar-refractivity contribution < 1.29 is 9.53 Å². The van der Waals surface area contributed by atoms with Gasteiger partial charge in [0.2, 0.25) is 5.78 Å². The van der Waals surface area contributed by atoms with Crippen LogP contribution >= 0.6 is 23.2 Å². The summed E-state index contributed by atoms with van der Waals surface area (Å²) >= 11 is 11.9. The molecule has 1 aliphatic heterocycles. The molecule has 0 fully saturated rings. The zero-order valence-corrected chi connectivity index (χ0v) is 11.1. The lowest BCUT2D eigenvalue weighted by molar-refractivity contribution is -0.115. The van der Waals surface area contributed by atoms with Crippen LogP contribution in [-0.4, -0.2) is 12.4 Å². The van der Waals surface area contributed by atoms with E-state index in [1.165, 1.54) is 0 Å². The van der Waals surface area contributed by atoms with Gasteiger partial charge < -0.3 is 10.5 Å². The second-order valence-corrected chi connectivity index (χ2v) is 3.86. The third kappa shape index (κ3) is 2.73. The van der Waals surface area contributed by atoms with Gasteiger partial charge in [-0.2, -0.15) is 0 Å². The smallest absolute Gasteiger partial charge is 0.206 e. The van der Waals surface area contributed by atoms with Crippen molar-refractivity contribution in [3.05, 3.63) is 39.7 Å². The molecular weight excluding hydrogens is 261 g/mol. The van der Waals surface area contributed by atoms with Crippen LogP contribution in [0.4, 0.5) is 0 Å². The van der Waals surface area contributed by atoms with Gasteiger partial charge >= 0.3 is 0 Å². The summed E-state index contributed by atoms with van der Waals surface area (Å²) in [4.78, 5) is 11.5. The van der Waals surface area contributed by atoms with Crippen LogP contribution < -0.4 is 5.73 Å². The van der Waals surface area contributed by atoms with Crippen molar-refractivity contribution in [1.29, 1.82) is 0 Å². The van der Waals surface area contributed by atoms with Gasteiger partial charge in [-0.3, -0.25) is 4.79 Å². The minimum Gasteiger partial charge on any atom is -0.470 e.